The number of anilines is 1. The van der Waals surface area contributed by atoms with Crippen LogP contribution < -0.4 is 5.32 Å². The highest BCUT2D eigenvalue weighted by molar-refractivity contribution is 6.21. The summed E-state index contributed by atoms with van der Waals surface area (Å²) in [7, 11) is 0. The first-order valence-electron chi connectivity index (χ1n) is 5.02. The molecule has 4 nitrogen and oxygen atoms in total. The van der Waals surface area contributed by atoms with Gasteiger partial charge >= 0.3 is 0 Å². The van der Waals surface area contributed by atoms with Gasteiger partial charge in [-0.1, -0.05) is 0 Å². The van der Waals surface area contributed by atoms with E-state index < -0.39 is 0 Å². The van der Waals surface area contributed by atoms with Crippen molar-refractivity contribution in [3.63, 3.8) is 0 Å². The molecule has 2 heterocycles. The Hall–Kier alpha value is -1.29. The smallest absolute Gasteiger partial charge is 0.152 e. The van der Waals surface area contributed by atoms with Crippen LogP contribution in [0.1, 0.15) is 12.8 Å². The minimum Gasteiger partial charge on any atom is -0.365 e. The lowest BCUT2D eigenvalue weighted by molar-refractivity contribution is 0.454. The molecule has 78 valence electrons. The van der Waals surface area contributed by atoms with Crippen molar-refractivity contribution < 1.29 is 0 Å². The lowest BCUT2D eigenvalue weighted by Crippen LogP contribution is -2.36. The summed E-state index contributed by atoms with van der Waals surface area (Å²) in [5.74, 6) is 0.892. The molecule has 5 heteroatoms. The summed E-state index contributed by atoms with van der Waals surface area (Å²) in [6.45, 7) is 0. The lowest BCUT2D eigenvalue weighted by Gasteiger charge is -2.31. The maximum atomic E-state index is 5.93. The monoisotopic (exact) mass is 222 g/mol. The zero-order valence-corrected chi connectivity index (χ0v) is 8.85. The summed E-state index contributed by atoms with van der Waals surface area (Å²) < 4.78 is 1.81. The number of alkyl halides is 1. The molecular weight excluding hydrogens is 212 g/mol. The first-order valence-corrected chi connectivity index (χ1v) is 5.45. The quantitative estimate of drug-likeness (QED) is 0.790. The highest BCUT2D eigenvalue weighted by Crippen LogP contribution is 2.28. The van der Waals surface area contributed by atoms with Crippen LogP contribution in [0.3, 0.4) is 0 Å². The molecule has 0 aliphatic heterocycles. The van der Waals surface area contributed by atoms with Gasteiger partial charge in [0.15, 0.2) is 5.82 Å². The van der Waals surface area contributed by atoms with Gasteiger partial charge in [-0.25, -0.2) is 9.50 Å². The summed E-state index contributed by atoms with van der Waals surface area (Å²) in [4.78, 5) is 4.31. The summed E-state index contributed by atoms with van der Waals surface area (Å²) in [6.07, 6.45) is 7.38. The van der Waals surface area contributed by atoms with Crippen molar-refractivity contribution in [2.75, 3.05) is 5.32 Å². The fourth-order valence-electron chi connectivity index (χ4n) is 1.83. The molecule has 1 fully saturated rings. The highest BCUT2D eigenvalue weighted by atomic mass is 35.5. The van der Waals surface area contributed by atoms with Crippen LogP contribution in [-0.2, 0) is 0 Å². The van der Waals surface area contributed by atoms with Gasteiger partial charge in [0.05, 0.1) is 6.20 Å². The van der Waals surface area contributed by atoms with Crippen molar-refractivity contribution >= 4 is 22.9 Å². The predicted octanol–water partition coefficient (Wildman–Crippen LogP) is 1.91. The van der Waals surface area contributed by atoms with Crippen LogP contribution in [0.5, 0.6) is 0 Å². The van der Waals surface area contributed by atoms with Gasteiger partial charge in [-0.2, -0.15) is 5.10 Å². The molecule has 1 saturated carbocycles. The number of fused-ring (bicyclic) bond motifs is 1. The van der Waals surface area contributed by atoms with Crippen LogP contribution in [0.2, 0.25) is 0 Å². The van der Waals surface area contributed by atoms with E-state index in [-0.39, 0.29) is 0 Å². The molecule has 1 aliphatic rings. The van der Waals surface area contributed by atoms with Crippen LogP contribution in [-0.4, -0.2) is 26.0 Å². The molecule has 0 amide bonds. The van der Waals surface area contributed by atoms with E-state index in [0.717, 1.165) is 24.2 Å². The van der Waals surface area contributed by atoms with Crippen molar-refractivity contribution in [1.29, 1.82) is 0 Å². The third-order valence-electron chi connectivity index (χ3n) is 2.75. The van der Waals surface area contributed by atoms with Gasteiger partial charge in [0.25, 0.3) is 0 Å². The number of halogens is 1. The number of hydrogen-bond acceptors (Lipinski definition) is 3. The number of rotatable bonds is 2. The first kappa shape index (κ1) is 8.97. The molecule has 1 N–H and O–H groups in total. The summed E-state index contributed by atoms with van der Waals surface area (Å²) in [5.41, 5.74) is 1.01. The Bertz CT molecular complexity index is 475. The van der Waals surface area contributed by atoms with E-state index in [9.17, 15) is 0 Å². The highest BCUT2D eigenvalue weighted by Gasteiger charge is 2.27. The van der Waals surface area contributed by atoms with Crippen molar-refractivity contribution in [3.8, 4) is 0 Å². The first-order chi connectivity index (χ1) is 7.33. The van der Waals surface area contributed by atoms with Crippen molar-refractivity contribution in [3.05, 3.63) is 24.7 Å². The molecule has 0 unspecified atom stereocenters. The fraction of sp³-hybridized carbons (Fsp3) is 0.400. The predicted molar refractivity (Wildman–Crippen MR) is 59.3 cm³/mol. The second kappa shape index (κ2) is 3.38. The van der Waals surface area contributed by atoms with Crippen LogP contribution >= 0.6 is 11.6 Å². The topological polar surface area (TPSA) is 42.2 Å². The molecule has 15 heavy (non-hydrogen) atoms. The Kier molecular flexibility index (Phi) is 2.02. The van der Waals surface area contributed by atoms with Crippen LogP contribution in [0.15, 0.2) is 24.7 Å². The Balaban J connectivity index is 1.87. The Labute approximate surface area is 92.3 Å². The SMILES string of the molecule is ClC1CC(Nc2nccn3nccc23)C1. The normalized spacial score (nSPS) is 25.1. The molecule has 2 aromatic heterocycles. The van der Waals surface area contributed by atoms with Gasteiger partial charge in [-0.15, -0.1) is 11.6 Å². The molecule has 0 atom stereocenters. The molecule has 0 aromatic carbocycles. The van der Waals surface area contributed by atoms with Crippen molar-refractivity contribution in [1.82, 2.24) is 14.6 Å². The zero-order chi connectivity index (χ0) is 10.3. The second-order valence-electron chi connectivity index (χ2n) is 3.85. The second-order valence-corrected chi connectivity index (χ2v) is 4.46. The maximum Gasteiger partial charge on any atom is 0.152 e. The van der Waals surface area contributed by atoms with Gasteiger partial charge in [-0.3, -0.25) is 0 Å². The fourth-order valence-corrected chi connectivity index (χ4v) is 2.26. The maximum absolute atomic E-state index is 5.93. The largest absolute Gasteiger partial charge is 0.365 e. The third kappa shape index (κ3) is 1.55. The summed E-state index contributed by atoms with van der Waals surface area (Å²) in [5, 5.41) is 7.86. The van der Waals surface area contributed by atoms with E-state index in [4.69, 9.17) is 11.6 Å². The van der Waals surface area contributed by atoms with Crippen LogP contribution in [0.4, 0.5) is 5.82 Å². The van der Waals surface area contributed by atoms with Gasteiger partial charge in [-0.05, 0) is 18.9 Å². The van der Waals surface area contributed by atoms with E-state index in [0.29, 0.717) is 11.4 Å². The summed E-state index contributed by atoms with van der Waals surface area (Å²) in [6, 6.07) is 2.41. The van der Waals surface area contributed by atoms with E-state index in [1.54, 1.807) is 12.4 Å². The summed E-state index contributed by atoms with van der Waals surface area (Å²) >= 11 is 5.93. The average Bonchev–Trinajstić information content (AvgIpc) is 2.64. The van der Waals surface area contributed by atoms with Gasteiger partial charge in [0, 0.05) is 23.8 Å². The number of hydrogen-bond donors (Lipinski definition) is 1. The van der Waals surface area contributed by atoms with Crippen LogP contribution in [0, 0.1) is 0 Å². The molecular formula is C10H11ClN4. The molecule has 0 spiro atoms. The molecule has 0 radical (unpaired) electrons. The van der Waals surface area contributed by atoms with E-state index in [1.807, 2.05) is 16.8 Å². The van der Waals surface area contributed by atoms with Gasteiger partial charge in [0.1, 0.15) is 5.52 Å². The Morgan fingerprint density at radius 3 is 3.07 bits per heavy atom. The molecule has 0 bridgehead atoms. The third-order valence-corrected chi connectivity index (χ3v) is 3.10. The zero-order valence-electron chi connectivity index (χ0n) is 8.10. The van der Waals surface area contributed by atoms with E-state index in [1.165, 1.54) is 0 Å². The molecule has 2 aromatic rings. The van der Waals surface area contributed by atoms with E-state index >= 15 is 0 Å². The Morgan fingerprint density at radius 1 is 1.40 bits per heavy atom. The number of nitrogens with one attached hydrogen (secondary N) is 1. The molecule has 3 rings (SSSR count). The lowest BCUT2D eigenvalue weighted by atomic mass is 9.92. The number of nitrogens with zero attached hydrogens (tertiary/aromatic N) is 3. The van der Waals surface area contributed by atoms with Crippen molar-refractivity contribution in [2.24, 2.45) is 0 Å². The van der Waals surface area contributed by atoms with E-state index in [2.05, 4.69) is 15.4 Å². The van der Waals surface area contributed by atoms with Crippen molar-refractivity contribution in [2.45, 2.75) is 24.3 Å². The number of aromatic nitrogens is 3. The van der Waals surface area contributed by atoms with Crippen LogP contribution in [0.25, 0.3) is 5.52 Å². The minimum absolute atomic E-state index is 0.326. The average molecular weight is 223 g/mol. The molecule has 0 saturated heterocycles. The molecule has 1 aliphatic carbocycles. The Morgan fingerprint density at radius 2 is 2.27 bits per heavy atom. The van der Waals surface area contributed by atoms with Gasteiger partial charge in [0.2, 0.25) is 0 Å². The minimum atomic E-state index is 0.326. The standard InChI is InChI=1S/C10H11ClN4/c11-7-5-8(6-7)14-10-9-1-2-13-15(9)4-3-12-10/h1-4,7-8H,5-6H2,(H,12,14). The van der Waals surface area contributed by atoms with Gasteiger partial charge < -0.3 is 5.32 Å².